The highest BCUT2D eigenvalue weighted by molar-refractivity contribution is 5.94. The zero-order valence-corrected chi connectivity index (χ0v) is 10.3. The van der Waals surface area contributed by atoms with Crippen LogP contribution in [0.2, 0.25) is 0 Å². The number of nitrogens with one attached hydrogen (secondary N) is 1. The molecule has 0 aliphatic heterocycles. The van der Waals surface area contributed by atoms with Crippen molar-refractivity contribution < 1.29 is 13.9 Å². The van der Waals surface area contributed by atoms with Crippen molar-refractivity contribution in [2.75, 3.05) is 12.4 Å². The van der Waals surface area contributed by atoms with E-state index in [1.165, 1.54) is 25.3 Å². The van der Waals surface area contributed by atoms with Gasteiger partial charge in [-0.2, -0.15) is 0 Å². The topological polar surface area (TPSA) is 64.3 Å². The minimum Gasteiger partial charge on any atom is -0.494 e. The molecule has 0 saturated heterocycles. The summed E-state index contributed by atoms with van der Waals surface area (Å²) < 4.78 is 18.1. The Bertz CT molecular complexity index is 451. The average Bonchev–Trinajstić information content (AvgIpc) is 2.77. The Hall–Kier alpha value is -1.62. The zero-order valence-electron chi connectivity index (χ0n) is 10.3. The number of ether oxygens (including phenoxy) is 1. The van der Waals surface area contributed by atoms with Crippen molar-refractivity contribution >= 4 is 11.6 Å². The molecule has 1 fully saturated rings. The lowest BCUT2D eigenvalue weighted by Gasteiger charge is -2.16. The molecule has 0 radical (unpaired) electrons. The Labute approximate surface area is 105 Å². The smallest absolute Gasteiger partial charge is 0.229 e. The van der Waals surface area contributed by atoms with E-state index in [9.17, 15) is 9.18 Å². The minimum absolute atomic E-state index is 0.0866. The van der Waals surface area contributed by atoms with Crippen LogP contribution >= 0.6 is 0 Å². The molecule has 1 aliphatic rings. The second-order valence-corrected chi connectivity index (χ2v) is 4.54. The molecule has 3 N–H and O–H groups in total. The Morgan fingerprint density at radius 1 is 1.50 bits per heavy atom. The van der Waals surface area contributed by atoms with Crippen LogP contribution in [0.3, 0.4) is 0 Å². The molecule has 98 valence electrons. The summed E-state index contributed by atoms with van der Waals surface area (Å²) in [7, 11) is 1.44. The number of benzene rings is 1. The maximum atomic E-state index is 13.0. The Morgan fingerprint density at radius 3 is 2.89 bits per heavy atom. The van der Waals surface area contributed by atoms with Crippen LogP contribution in [-0.2, 0) is 4.79 Å². The predicted octanol–water partition coefficient (Wildman–Crippen LogP) is 1.90. The van der Waals surface area contributed by atoms with Gasteiger partial charge in [0.1, 0.15) is 11.6 Å². The molecular weight excluding hydrogens is 235 g/mol. The van der Waals surface area contributed by atoms with Crippen LogP contribution in [0.4, 0.5) is 10.1 Å². The molecule has 2 unspecified atom stereocenters. The van der Waals surface area contributed by atoms with Gasteiger partial charge < -0.3 is 15.8 Å². The van der Waals surface area contributed by atoms with Crippen LogP contribution < -0.4 is 15.8 Å². The SMILES string of the molecule is COc1cc(F)ccc1NC(=O)C1CCCC1N. The second-order valence-electron chi connectivity index (χ2n) is 4.54. The Morgan fingerprint density at radius 2 is 2.28 bits per heavy atom. The highest BCUT2D eigenvalue weighted by Gasteiger charge is 2.30. The first-order valence-corrected chi connectivity index (χ1v) is 6.02. The van der Waals surface area contributed by atoms with E-state index < -0.39 is 5.82 Å². The molecule has 4 nitrogen and oxygen atoms in total. The maximum absolute atomic E-state index is 13.0. The summed E-state index contributed by atoms with van der Waals surface area (Å²) in [4.78, 5) is 12.0. The van der Waals surface area contributed by atoms with E-state index in [4.69, 9.17) is 10.5 Å². The van der Waals surface area contributed by atoms with Crippen molar-refractivity contribution in [3.63, 3.8) is 0 Å². The molecule has 0 spiro atoms. The van der Waals surface area contributed by atoms with Crippen LogP contribution in [0.5, 0.6) is 5.75 Å². The summed E-state index contributed by atoms with van der Waals surface area (Å²) in [5.41, 5.74) is 6.35. The summed E-state index contributed by atoms with van der Waals surface area (Å²) in [5, 5.41) is 2.75. The fourth-order valence-corrected chi connectivity index (χ4v) is 2.31. The summed E-state index contributed by atoms with van der Waals surface area (Å²) in [6, 6.07) is 3.93. The van der Waals surface area contributed by atoms with Gasteiger partial charge in [-0.05, 0) is 25.0 Å². The first kappa shape index (κ1) is 12.8. The number of methoxy groups -OCH3 is 1. The molecule has 1 aromatic rings. The normalized spacial score (nSPS) is 22.8. The fraction of sp³-hybridized carbons (Fsp3) is 0.462. The van der Waals surface area contributed by atoms with Gasteiger partial charge in [-0.25, -0.2) is 4.39 Å². The van der Waals surface area contributed by atoms with E-state index >= 15 is 0 Å². The van der Waals surface area contributed by atoms with Crippen LogP contribution in [0.15, 0.2) is 18.2 Å². The van der Waals surface area contributed by atoms with Crippen molar-refractivity contribution in [1.82, 2.24) is 0 Å². The lowest BCUT2D eigenvalue weighted by Crippen LogP contribution is -2.34. The summed E-state index contributed by atoms with van der Waals surface area (Å²) in [6.45, 7) is 0. The van der Waals surface area contributed by atoms with Crippen molar-refractivity contribution in [1.29, 1.82) is 0 Å². The van der Waals surface area contributed by atoms with E-state index in [1.807, 2.05) is 0 Å². The van der Waals surface area contributed by atoms with Gasteiger partial charge in [-0.3, -0.25) is 4.79 Å². The monoisotopic (exact) mass is 252 g/mol. The predicted molar refractivity (Wildman–Crippen MR) is 66.9 cm³/mol. The molecule has 1 saturated carbocycles. The van der Waals surface area contributed by atoms with Gasteiger partial charge in [0.2, 0.25) is 5.91 Å². The Kier molecular flexibility index (Phi) is 3.81. The second kappa shape index (κ2) is 5.35. The number of amides is 1. The molecule has 1 aromatic carbocycles. The Balaban J connectivity index is 2.11. The van der Waals surface area contributed by atoms with E-state index in [-0.39, 0.29) is 17.9 Å². The van der Waals surface area contributed by atoms with Gasteiger partial charge in [-0.15, -0.1) is 0 Å². The van der Waals surface area contributed by atoms with E-state index in [1.54, 1.807) is 0 Å². The van der Waals surface area contributed by atoms with Crippen LogP contribution in [0, 0.1) is 11.7 Å². The van der Waals surface area contributed by atoms with Gasteiger partial charge in [0.15, 0.2) is 0 Å². The standard InChI is InChI=1S/C13H17FN2O2/c1-18-12-7-8(14)5-6-11(12)16-13(17)9-3-2-4-10(9)15/h5-7,9-10H,2-4,15H2,1H3,(H,16,17). The average molecular weight is 252 g/mol. The summed E-state index contributed by atoms with van der Waals surface area (Å²) in [6.07, 6.45) is 2.65. The first-order valence-electron chi connectivity index (χ1n) is 6.02. The van der Waals surface area contributed by atoms with Crippen molar-refractivity contribution in [3.8, 4) is 5.75 Å². The maximum Gasteiger partial charge on any atom is 0.229 e. The number of rotatable bonds is 3. The number of carbonyl (C=O) groups is 1. The van der Waals surface area contributed by atoms with E-state index in [2.05, 4.69) is 5.32 Å². The lowest BCUT2D eigenvalue weighted by atomic mass is 10.0. The number of nitrogens with two attached hydrogens (primary N) is 1. The van der Waals surface area contributed by atoms with E-state index in [0.29, 0.717) is 11.4 Å². The summed E-state index contributed by atoms with van der Waals surface area (Å²) >= 11 is 0. The minimum atomic E-state index is -0.401. The number of hydrogen-bond acceptors (Lipinski definition) is 3. The molecule has 2 rings (SSSR count). The molecule has 0 heterocycles. The molecule has 1 amide bonds. The third-order valence-corrected chi connectivity index (χ3v) is 3.33. The third kappa shape index (κ3) is 2.61. The summed E-state index contributed by atoms with van der Waals surface area (Å²) in [5.74, 6) is -0.373. The van der Waals surface area contributed by atoms with Gasteiger partial charge in [0.25, 0.3) is 0 Å². The zero-order chi connectivity index (χ0) is 13.1. The molecular formula is C13H17FN2O2. The number of halogens is 1. The highest BCUT2D eigenvalue weighted by Crippen LogP contribution is 2.29. The number of carbonyl (C=O) groups excluding carboxylic acids is 1. The number of hydrogen-bond donors (Lipinski definition) is 2. The third-order valence-electron chi connectivity index (χ3n) is 3.33. The largest absolute Gasteiger partial charge is 0.494 e. The van der Waals surface area contributed by atoms with Gasteiger partial charge in [0, 0.05) is 12.1 Å². The van der Waals surface area contributed by atoms with E-state index in [0.717, 1.165) is 19.3 Å². The molecule has 2 atom stereocenters. The first-order chi connectivity index (χ1) is 8.61. The molecule has 5 heteroatoms. The van der Waals surface area contributed by atoms with Gasteiger partial charge in [0.05, 0.1) is 18.7 Å². The van der Waals surface area contributed by atoms with Crippen LogP contribution in [-0.4, -0.2) is 19.1 Å². The number of anilines is 1. The van der Waals surface area contributed by atoms with Crippen LogP contribution in [0.1, 0.15) is 19.3 Å². The molecule has 1 aliphatic carbocycles. The van der Waals surface area contributed by atoms with Crippen LogP contribution in [0.25, 0.3) is 0 Å². The molecule has 18 heavy (non-hydrogen) atoms. The fourth-order valence-electron chi connectivity index (χ4n) is 2.31. The molecule has 0 aromatic heterocycles. The van der Waals surface area contributed by atoms with Crippen molar-refractivity contribution in [3.05, 3.63) is 24.0 Å². The van der Waals surface area contributed by atoms with Gasteiger partial charge in [-0.1, -0.05) is 6.42 Å². The highest BCUT2D eigenvalue weighted by atomic mass is 19.1. The van der Waals surface area contributed by atoms with Crippen molar-refractivity contribution in [2.45, 2.75) is 25.3 Å². The lowest BCUT2D eigenvalue weighted by molar-refractivity contribution is -0.120. The van der Waals surface area contributed by atoms with Gasteiger partial charge >= 0.3 is 0 Å². The van der Waals surface area contributed by atoms with Crippen molar-refractivity contribution in [2.24, 2.45) is 11.7 Å². The quantitative estimate of drug-likeness (QED) is 0.863. The molecule has 0 bridgehead atoms.